The lowest BCUT2D eigenvalue weighted by Crippen LogP contribution is -2.45. The van der Waals surface area contributed by atoms with E-state index in [1.165, 1.54) is 23.4 Å². The van der Waals surface area contributed by atoms with Gasteiger partial charge in [0.15, 0.2) is 5.96 Å². The summed E-state index contributed by atoms with van der Waals surface area (Å²) in [6, 6.07) is 0. The van der Waals surface area contributed by atoms with Gasteiger partial charge in [-0.15, -0.1) is 35.3 Å². The van der Waals surface area contributed by atoms with E-state index in [1.807, 2.05) is 0 Å². The number of likely N-dealkylation sites (tertiary alicyclic amines) is 1. The van der Waals surface area contributed by atoms with Crippen LogP contribution in [0.3, 0.4) is 0 Å². The van der Waals surface area contributed by atoms with E-state index < -0.39 is 0 Å². The third-order valence-electron chi connectivity index (χ3n) is 4.02. The Hall–Kier alpha value is -0.370. The molecule has 1 fully saturated rings. The molecule has 0 aliphatic carbocycles. The van der Waals surface area contributed by atoms with Gasteiger partial charge < -0.3 is 10.2 Å². The summed E-state index contributed by atoms with van der Waals surface area (Å²) in [5.74, 6) is 1.94. The quantitative estimate of drug-likeness (QED) is 0.445. The minimum atomic E-state index is 0. The molecule has 2 heterocycles. The van der Waals surface area contributed by atoms with Crippen LogP contribution in [0.15, 0.2) is 4.99 Å². The Morgan fingerprint density at radius 1 is 1.36 bits per heavy atom. The van der Waals surface area contributed by atoms with E-state index in [0.717, 1.165) is 49.5 Å². The van der Waals surface area contributed by atoms with Crippen molar-refractivity contribution >= 4 is 41.3 Å². The van der Waals surface area contributed by atoms with Gasteiger partial charge in [0.2, 0.25) is 0 Å². The fourth-order valence-corrected chi connectivity index (χ4v) is 3.64. The fourth-order valence-electron chi connectivity index (χ4n) is 2.71. The molecule has 1 aromatic heterocycles. The highest BCUT2D eigenvalue weighted by atomic mass is 127. The maximum Gasteiger partial charge on any atom is 0.193 e. The first-order chi connectivity index (χ1) is 10.1. The van der Waals surface area contributed by atoms with E-state index >= 15 is 0 Å². The molecular formula is C16H29IN4S. The van der Waals surface area contributed by atoms with Crippen LogP contribution in [0.25, 0.3) is 0 Å². The average molecular weight is 436 g/mol. The summed E-state index contributed by atoms with van der Waals surface area (Å²) >= 11 is 1.80. The molecule has 0 spiro atoms. The van der Waals surface area contributed by atoms with Crippen LogP contribution in [0.4, 0.5) is 0 Å². The molecule has 22 heavy (non-hydrogen) atoms. The van der Waals surface area contributed by atoms with Gasteiger partial charge >= 0.3 is 0 Å². The Kier molecular flexibility index (Phi) is 8.67. The maximum atomic E-state index is 4.82. The van der Waals surface area contributed by atoms with Crippen molar-refractivity contribution in [3.63, 3.8) is 0 Å². The topological polar surface area (TPSA) is 40.5 Å². The third-order valence-corrected chi connectivity index (χ3v) is 5.15. The van der Waals surface area contributed by atoms with Crippen LogP contribution in [-0.2, 0) is 6.42 Å². The summed E-state index contributed by atoms with van der Waals surface area (Å²) in [7, 11) is 0. The number of hydrogen-bond acceptors (Lipinski definition) is 3. The Balaban J connectivity index is 0.00000242. The molecule has 1 aliphatic heterocycles. The van der Waals surface area contributed by atoms with Crippen molar-refractivity contribution in [2.24, 2.45) is 10.9 Å². The van der Waals surface area contributed by atoms with Crippen LogP contribution >= 0.6 is 35.3 Å². The minimum Gasteiger partial charge on any atom is -0.357 e. The molecular weight excluding hydrogens is 407 g/mol. The molecule has 1 aromatic rings. The molecule has 1 aliphatic rings. The number of hydrogen-bond donors (Lipinski definition) is 1. The average Bonchev–Trinajstić information content (AvgIpc) is 2.77. The molecule has 0 bridgehead atoms. The summed E-state index contributed by atoms with van der Waals surface area (Å²) in [6.07, 6.45) is 3.55. The molecule has 0 radical (unpaired) electrons. The molecule has 1 N–H and O–H groups in total. The Morgan fingerprint density at radius 2 is 2.05 bits per heavy atom. The summed E-state index contributed by atoms with van der Waals surface area (Å²) in [5, 5.41) is 4.59. The van der Waals surface area contributed by atoms with E-state index in [2.05, 4.69) is 42.9 Å². The SMILES string of the molecule is CCNC(=NCCc1sc(C)nc1C)N1CCC(C)CC1.I. The van der Waals surface area contributed by atoms with Crippen LogP contribution in [-0.4, -0.2) is 42.0 Å². The van der Waals surface area contributed by atoms with Crippen molar-refractivity contribution in [3.8, 4) is 0 Å². The molecule has 6 heteroatoms. The lowest BCUT2D eigenvalue weighted by molar-refractivity contribution is 0.273. The highest BCUT2D eigenvalue weighted by Crippen LogP contribution is 2.18. The lowest BCUT2D eigenvalue weighted by Gasteiger charge is -2.33. The molecule has 2 rings (SSSR count). The number of thiazole rings is 1. The van der Waals surface area contributed by atoms with Crippen molar-refractivity contribution in [3.05, 3.63) is 15.6 Å². The molecule has 126 valence electrons. The van der Waals surface area contributed by atoms with Gasteiger partial charge in [0.05, 0.1) is 10.7 Å². The normalized spacial score (nSPS) is 16.5. The minimum absolute atomic E-state index is 0. The Bertz CT molecular complexity index is 478. The molecule has 0 aromatic carbocycles. The van der Waals surface area contributed by atoms with Crippen molar-refractivity contribution in [2.75, 3.05) is 26.2 Å². The highest BCUT2D eigenvalue weighted by molar-refractivity contribution is 14.0. The van der Waals surface area contributed by atoms with Crippen molar-refractivity contribution in [1.82, 2.24) is 15.2 Å². The number of nitrogens with one attached hydrogen (secondary N) is 1. The first-order valence-electron chi connectivity index (χ1n) is 8.06. The van der Waals surface area contributed by atoms with E-state index in [-0.39, 0.29) is 24.0 Å². The van der Waals surface area contributed by atoms with Gasteiger partial charge in [-0.3, -0.25) is 4.99 Å². The number of aromatic nitrogens is 1. The number of aryl methyl sites for hydroxylation is 2. The van der Waals surface area contributed by atoms with Gasteiger partial charge in [-0.1, -0.05) is 6.92 Å². The zero-order chi connectivity index (χ0) is 15.2. The highest BCUT2D eigenvalue weighted by Gasteiger charge is 2.18. The number of nitrogens with zero attached hydrogens (tertiary/aromatic N) is 3. The Labute approximate surface area is 155 Å². The number of halogens is 1. The molecule has 0 unspecified atom stereocenters. The predicted octanol–water partition coefficient (Wildman–Crippen LogP) is 3.62. The number of rotatable bonds is 4. The monoisotopic (exact) mass is 436 g/mol. The van der Waals surface area contributed by atoms with E-state index in [4.69, 9.17) is 4.99 Å². The van der Waals surface area contributed by atoms with Crippen LogP contribution in [0.2, 0.25) is 0 Å². The molecule has 0 amide bonds. The van der Waals surface area contributed by atoms with Gasteiger partial charge in [0.1, 0.15) is 0 Å². The number of piperidine rings is 1. The number of aliphatic imine (C=N–C) groups is 1. The fraction of sp³-hybridized carbons (Fsp3) is 0.750. The second-order valence-corrected chi connectivity index (χ2v) is 7.18. The van der Waals surface area contributed by atoms with Crippen molar-refractivity contribution in [1.29, 1.82) is 0 Å². The van der Waals surface area contributed by atoms with Crippen LogP contribution in [0, 0.1) is 19.8 Å². The van der Waals surface area contributed by atoms with Gasteiger partial charge in [-0.25, -0.2) is 4.98 Å². The van der Waals surface area contributed by atoms with Gasteiger partial charge in [-0.05, 0) is 39.5 Å². The van der Waals surface area contributed by atoms with Crippen LogP contribution in [0.5, 0.6) is 0 Å². The van der Waals surface area contributed by atoms with E-state index in [1.54, 1.807) is 11.3 Å². The lowest BCUT2D eigenvalue weighted by atomic mass is 10.00. The first kappa shape index (κ1) is 19.7. The standard InChI is InChI=1S/C16H28N4S.HI/c1-5-17-16(20-10-7-12(2)8-11-20)18-9-6-15-13(3)19-14(4)21-15;/h12H,5-11H2,1-4H3,(H,17,18);1H. The summed E-state index contributed by atoms with van der Waals surface area (Å²) in [5.41, 5.74) is 1.17. The second-order valence-electron chi connectivity index (χ2n) is 5.90. The maximum absolute atomic E-state index is 4.82. The first-order valence-corrected chi connectivity index (χ1v) is 8.88. The van der Waals surface area contributed by atoms with Gasteiger partial charge in [0.25, 0.3) is 0 Å². The number of guanidine groups is 1. The summed E-state index contributed by atoms with van der Waals surface area (Å²) < 4.78 is 0. The summed E-state index contributed by atoms with van der Waals surface area (Å²) in [6.45, 7) is 12.7. The smallest absolute Gasteiger partial charge is 0.193 e. The third kappa shape index (κ3) is 5.68. The molecule has 0 atom stereocenters. The second kappa shape index (κ2) is 9.70. The van der Waals surface area contributed by atoms with E-state index in [9.17, 15) is 0 Å². The van der Waals surface area contributed by atoms with E-state index in [0.29, 0.717) is 0 Å². The molecule has 0 saturated carbocycles. The summed E-state index contributed by atoms with van der Waals surface area (Å²) in [4.78, 5) is 13.1. The van der Waals surface area contributed by atoms with Crippen LogP contribution in [0.1, 0.15) is 42.3 Å². The van der Waals surface area contributed by atoms with Crippen molar-refractivity contribution in [2.45, 2.75) is 47.0 Å². The predicted molar refractivity (Wildman–Crippen MR) is 107 cm³/mol. The zero-order valence-corrected chi connectivity index (χ0v) is 17.3. The molecule has 1 saturated heterocycles. The van der Waals surface area contributed by atoms with Gasteiger partial charge in [-0.2, -0.15) is 0 Å². The Morgan fingerprint density at radius 3 is 2.59 bits per heavy atom. The van der Waals surface area contributed by atoms with Crippen LogP contribution < -0.4 is 5.32 Å². The molecule has 4 nitrogen and oxygen atoms in total. The largest absolute Gasteiger partial charge is 0.357 e. The van der Waals surface area contributed by atoms with Crippen molar-refractivity contribution < 1.29 is 0 Å². The van der Waals surface area contributed by atoms with Gasteiger partial charge in [0, 0.05) is 37.5 Å². The zero-order valence-electron chi connectivity index (χ0n) is 14.2.